The third-order valence-electron chi connectivity index (χ3n) is 4.86. The topological polar surface area (TPSA) is 66.8 Å². The van der Waals surface area contributed by atoms with Crippen LogP contribution in [0.4, 0.5) is 0 Å². The third-order valence-corrected chi connectivity index (χ3v) is 4.86. The molecule has 0 radical (unpaired) electrons. The molecular weight excluding hydrogens is 316 g/mol. The molecular formula is C21H30O4. The maximum atomic E-state index is 12.0. The first-order valence-corrected chi connectivity index (χ1v) is 9.42. The average molecular weight is 346 g/mol. The summed E-state index contributed by atoms with van der Waals surface area (Å²) in [6.45, 7) is 2.20. The molecule has 1 aromatic rings. The van der Waals surface area contributed by atoms with E-state index >= 15 is 0 Å². The monoisotopic (exact) mass is 346 g/mol. The van der Waals surface area contributed by atoms with Crippen LogP contribution >= 0.6 is 0 Å². The highest BCUT2D eigenvalue weighted by Gasteiger charge is 2.18. The van der Waals surface area contributed by atoms with Crippen molar-refractivity contribution in [1.82, 2.24) is 0 Å². The number of rotatable bonds is 10. The number of aryl methyl sites for hydroxylation is 1. The van der Waals surface area contributed by atoms with Gasteiger partial charge in [0.05, 0.1) is 6.10 Å². The lowest BCUT2D eigenvalue weighted by Gasteiger charge is -2.15. The number of phenolic OH excluding ortho intramolecular Hbond substituents is 1. The fourth-order valence-corrected chi connectivity index (χ4v) is 3.19. The highest BCUT2D eigenvalue weighted by atomic mass is 16.5. The Kier molecular flexibility index (Phi) is 7.99. The van der Waals surface area contributed by atoms with E-state index in [1.807, 2.05) is 18.2 Å². The summed E-state index contributed by atoms with van der Waals surface area (Å²) in [4.78, 5) is 12.0. The van der Waals surface area contributed by atoms with Gasteiger partial charge in [-0.25, -0.2) is 0 Å². The van der Waals surface area contributed by atoms with Gasteiger partial charge in [0.1, 0.15) is 0 Å². The smallest absolute Gasteiger partial charge is 0.161 e. The zero-order chi connectivity index (χ0) is 18.1. The number of aliphatic hydroxyl groups excluding tert-OH is 1. The summed E-state index contributed by atoms with van der Waals surface area (Å²) >= 11 is 0. The molecule has 4 heteroatoms. The molecule has 0 heterocycles. The van der Waals surface area contributed by atoms with Gasteiger partial charge in [-0.3, -0.25) is 4.79 Å². The number of benzene rings is 1. The first kappa shape index (κ1) is 19.5. The van der Waals surface area contributed by atoms with E-state index in [0.717, 1.165) is 24.8 Å². The number of phenols is 1. The van der Waals surface area contributed by atoms with E-state index < -0.39 is 0 Å². The van der Waals surface area contributed by atoms with E-state index in [-0.39, 0.29) is 30.2 Å². The maximum absolute atomic E-state index is 12.0. The van der Waals surface area contributed by atoms with Crippen molar-refractivity contribution in [3.63, 3.8) is 0 Å². The number of hydrogen-bond acceptors (Lipinski definition) is 4. The number of aliphatic hydroxyl groups is 1. The minimum atomic E-state index is 0.0859. The molecule has 25 heavy (non-hydrogen) atoms. The molecule has 0 amide bonds. The number of allylic oxidation sites excluding steroid dienone is 2. The maximum Gasteiger partial charge on any atom is 0.161 e. The first-order valence-electron chi connectivity index (χ1n) is 9.42. The molecule has 0 aliphatic heterocycles. The first-order chi connectivity index (χ1) is 12.1. The molecule has 2 N–H and O–H groups in total. The lowest BCUT2D eigenvalue weighted by atomic mass is 10.0. The van der Waals surface area contributed by atoms with Gasteiger partial charge in [-0.05, 0) is 74.6 Å². The number of ketones is 1. The normalized spacial score (nSPS) is 16.4. The third kappa shape index (κ3) is 6.54. The van der Waals surface area contributed by atoms with Crippen molar-refractivity contribution < 1.29 is 19.7 Å². The summed E-state index contributed by atoms with van der Waals surface area (Å²) in [5, 5.41) is 19.0. The second-order valence-corrected chi connectivity index (χ2v) is 6.83. The fraction of sp³-hybridized carbons (Fsp3) is 0.571. The molecule has 1 aromatic carbocycles. The molecule has 4 nitrogen and oxygen atoms in total. The molecule has 1 saturated carbocycles. The van der Waals surface area contributed by atoms with Crippen molar-refractivity contribution in [3.8, 4) is 11.5 Å². The van der Waals surface area contributed by atoms with Gasteiger partial charge >= 0.3 is 0 Å². The Morgan fingerprint density at radius 3 is 2.80 bits per heavy atom. The van der Waals surface area contributed by atoms with Gasteiger partial charge in [0.25, 0.3) is 0 Å². The number of ether oxygens (including phenoxy) is 1. The molecule has 138 valence electrons. The molecule has 1 aliphatic rings. The molecule has 0 unspecified atom stereocenters. The van der Waals surface area contributed by atoms with E-state index in [2.05, 4.69) is 6.92 Å². The van der Waals surface area contributed by atoms with Crippen LogP contribution in [0.2, 0.25) is 0 Å². The van der Waals surface area contributed by atoms with E-state index in [4.69, 9.17) is 9.84 Å². The van der Waals surface area contributed by atoms with E-state index in [9.17, 15) is 9.90 Å². The van der Waals surface area contributed by atoms with Crippen LogP contribution in [-0.2, 0) is 11.2 Å². The second kappa shape index (κ2) is 10.2. The van der Waals surface area contributed by atoms with Crippen LogP contribution in [0.1, 0.15) is 57.4 Å². The van der Waals surface area contributed by atoms with E-state index in [1.54, 1.807) is 12.1 Å². The summed E-state index contributed by atoms with van der Waals surface area (Å²) < 4.78 is 5.90. The highest BCUT2D eigenvalue weighted by molar-refractivity contribution is 5.89. The van der Waals surface area contributed by atoms with Gasteiger partial charge in [0.2, 0.25) is 0 Å². The van der Waals surface area contributed by atoms with Crippen LogP contribution in [0.15, 0.2) is 30.4 Å². The SMILES string of the molecule is CC[C@H](/C=C/C(=O)CCc1ccc(O)c(OC2CCCC2)c1)CCO. The van der Waals surface area contributed by atoms with Crippen molar-refractivity contribution in [2.75, 3.05) is 6.61 Å². The molecule has 0 saturated heterocycles. The van der Waals surface area contributed by atoms with Crippen LogP contribution in [-0.4, -0.2) is 28.7 Å². The number of carbonyl (C=O) groups excluding carboxylic acids is 1. The highest BCUT2D eigenvalue weighted by Crippen LogP contribution is 2.31. The summed E-state index contributed by atoms with van der Waals surface area (Å²) in [5.74, 6) is 1.04. The van der Waals surface area contributed by atoms with Crippen LogP contribution in [0.25, 0.3) is 0 Å². The van der Waals surface area contributed by atoms with Crippen LogP contribution in [0.5, 0.6) is 11.5 Å². The summed E-state index contributed by atoms with van der Waals surface area (Å²) in [6, 6.07) is 5.34. The average Bonchev–Trinajstić information content (AvgIpc) is 3.12. The Hall–Kier alpha value is -1.81. The number of hydrogen-bond donors (Lipinski definition) is 2. The van der Waals surface area contributed by atoms with Crippen LogP contribution < -0.4 is 4.74 Å². The molecule has 0 bridgehead atoms. The summed E-state index contributed by atoms with van der Waals surface area (Å²) in [5.41, 5.74) is 0.995. The quantitative estimate of drug-likeness (QED) is 0.624. The summed E-state index contributed by atoms with van der Waals surface area (Å²) in [6.07, 6.45) is 10.9. The van der Waals surface area contributed by atoms with Crippen molar-refractivity contribution in [1.29, 1.82) is 0 Å². The van der Waals surface area contributed by atoms with Crippen molar-refractivity contribution in [3.05, 3.63) is 35.9 Å². The van der Waals surface area contributed by atoms with Gasteiger partial charge < -0.3 is 14.9 Å². The molecule has 0 aromatic heterocycles. The van der Waals surface area contributed by atoms with E-state index in [1.165, 1.54) is 12.8 Å². The number of aromatic hydroxyl groups is 1. The lowest BCUT2D eigenvalue weighted by Crippen LogP contribution is -2.11. The standard InChI is InChI=1S/C21H30O4/c1-2-16(13-14-22)7-10-18(23)11-8-17-9-12-20(24)21(15-17)25-19-5-3-4-6-19/h7,9-10,12,15-16,19,22,24H,2-6,8,11,13-14H2,1H3/b10-7+/t16-/m1/s1. The van der Waals surface area contributed by atoms with E-state index in [0.29, 0.717) is 25.0 Å². The van der Waals surface area contributed by atoms with Gasteiger partial charge in [-0.15, -0.1) is 0 Å². The minimum absolute atomic E-state index is 0.0859. The zero-order valence-electron chi connectivity index (χ0n) is 15.1. The Morgan fingerprint density at radius 1 is 1.36 bits per heavy atom. The van der Waals surface area contributed by atoms with Crippen LogP contribution in [0, 0.1) is 5.92 Å². The Morgan fingerprint density at radius 2 is 2.12 bits per heavy atom. The fourth-order valence-electron chi connectivity index (χ4n) is 3.19. The minimum Gasteiger partial charge on any atom is -0.504 e. The molecule has 0 spiro atoms. The molecule has 1 atom stereocenters. The van der Waals surface area contributed by atoms with Crippen molar-refractivity contribution >= 4 is 5.78 Å². The second-order valence-electron chi connectivity index (χ2n) is 6.83. The molecule has 2 rings (SSSR count). The Labute approximate surface area is 150 Å². The van der Waals surface area contributed by atoms with Crippen molar-refractivity contribution in [2.45, 2.75) is 64.4 Å². The lowest BCUT2D eigenvalue weighted by molar-refractivity contribution is -0.114. The molecule has 1 fully saturated rings. The number of carbonyl (C=O) groups is 1. The Balaban J connectivity index is 1.87. The van der Waals surface area contributed by atoms with Crippen molar-refractivity contribution in [2.24, 2.45) is 5.92 Å². The zero-order valence-corrected chi connectivity index (χ0v) is 15.1. The largest absolute Gasteiger partial charge is 0.504 e. The summed E-state index contributed by atoms with van der Waals surface area (Å²) in [7, 11) is 0. The van der Waals surface area contributed by atoms with Gasteiger partial charge in [-0.1, -0.05) is 19.1 Å². The van der Waals surface area contributed by atoms with Gasteiger partial charge in [0.15, 0.2) is 17.3 Å². The predicted molar refractivity (Wildman–Crippen MR) is 98.9 cm³/mol. The Bertz CT molecular complexity index is 573. The predicted octanol–water partition coefficient (Wildman–Crippen LogP) is 4.18. The van der Waals surface area contributed by atoms with Gasteiger partial charge in [0, 0.05) is 13.0 Å². The van der Waals surface area contributed by atoms with Crippen LogP contribution in [0.3, 0.4) is 0 Å². The molecule has 1 aliphatic carbocycles. The van der Waals surface area contributed by atoms with Gasteiger partial charge in [-0.2, -0.15) is 0 Å².